The fourth-order valence-electron chi connectivity index (χ4n) is 2.85. The van der Waals surface area contributed by atoms with Crippen LogP contribution in [0.25, 0.3) is 0 Å². The van der Waals surface area contributed by atoms with Crippen molar-refractivity contribution in [1.82, 2.24) is 4.90 Å². The lowest BCUT2D eigenvalue weighted by Gasteiger charge is -2.29. The molecule has 1 atom stereocenters. The molecule has 1 aromatic carbocycles. The number of amides is 1. The molecule has 0 aliphatic carbocycles. The maximum Gasteiger partial charge on any atom is 0.256 e. The Labute approximate surface area is 121 Å². The van der Waals surface area contributed by atoms with Crippen molar-refractivity contribution in [1.29, 1.82) is 0 Å². The smallest absolute Gasteiger partial charge is 0.256 e. The zero-order valence-corrected chi connectivity index (χ0v) is 12.7. The topological polar surface area (TPSA) is 49.6 Å². The van der Waals surface area contributed by atoms with Gasteiger partial charge in [0.25, 0.3) is 5.91 Å². The molecule has 1 aromatic rings. The summed E-state index contributed by atoms with van der Waals surface area (Å²) >= 11 is 0. The maximum absolute atomic E-state index is 12.9. The number of likely N-dealkylation sites (tertiary alicyclic amines) is 1. The molecule has 1 aliphatic rings. The first-order valence-corrected chi connectivity index (χ1v) is 7.38. The SMILES string of the molecule is CC1CCCCCN1C(=O)c1cc(N)ccc1N(C)C. The molecule has 1 heterocycles. The minimum Gasteiger partial charge on any atom is -0.399 e. The average Bonchev–Trinajstić information content (AvgIpc) is 2.62. The van der Waals surface area contributed by atoms with Gasteiger partial charge >= 0.3 is 0 Å². The molecule has 1 fully saturated rings. The van der Waals surface area contributed by atoms with Crippen LogP contribution in [0.2, 0.25) is 0 Å². The molecule has 0 radical (unpaired) electrons. The van der Waals surface area contributed by atoms with Crippen molar-refractivity contribution in [3.8, 4) is 0 Å². The van der Waals surface area contributed by atoms with Gasteiger partial charge < -0.3 is 15.5 Å². The summed E-state index contributed by atoms with van der Waals surface area (Å²) in [5.41, 5.74) is 8.15. The molecule has 1 saturated heterocycles. The fourth-order valence-corrected chi connectivity index (χ4v) is 2.85. The van der Waals surface area contributed by atoms with Crippen LogP contribution in [0, 0.1) is 0 Å². The molecular weight excluding hydrogens is 250 g/mol. The predicted octanol–water partition coefficient (Wildman–Crippen LogP) is 2.74. The Bertz CT molecular complexity index is 485. The van der Waals surface area contributed by atoms with Gasteiger partial charge in [0.15, 0.2) is 0 Å². The van der Waals surface area contributed by atoms with E-state index in [1.807, 2.05) is 36.0 Å². The Morgan fingerprint density at radius 1 is 1.30 bits per heavy atom. The van der Waals surface area contributed by atoms with Crippen LogP contribution in [-0.4, -0.2) is 37.5 Å². The molecule has 4 nitrogen and oxygen atoms in total. The number of rotatable bonds is 2. The highest BCUT2D eigenvalue weighted by atomic mass is 16.2. The van der Waals surface area contributed by atoms with Gasteiger partial charge in [-0.1, -0.05) is 12.8 Å². The summed E-state index contributed by atoms with van der Waals surface area (Å²) in [6.07, 6.45) is 4.61. The van der Waals surface area contributed by atoms with Crippen molar-refractivity contribution in [3.05, 3.63) is 23.8 Å². The largest absolute Gasteiger partial charge is 0.399 e. The highest BCUT2D eigenvalue weighted by Gasteiger charge is 2.25. The van der Waals surface area contributed by atoms with Crippen LogP contribution in [0.15, 0.2) is 18.2 Å². The lowest BCUT2D eigenvalue weighted by atomic mass is 10.1. The molecule has 20 heavy (non-hydrogen) atoms. The summed E-state index contributed by atoms with van der Waals surface area (Å²) in [5.74, 6) is 0.107. The number of hydrogen-bond donors (Lipinski definition) is 1. The van der Waals surface area contributed by atoms with Crippen LogP contribution in [0.4, 0.5) is 11.4 Å². The second-order valence-electron chi connectivity index (χ2n) is 5.87. The second-order valence-corrected chi connectivity index (χ2v) is 5.87. The zero-order valence-electron chi connectivity index (χ0n) is 12.7. The Balaban J connectivity index is 2.34. The lowest BCUT2D eigenvalue weighted by molar-refractivity contribution is 0.0698. The van der Waals surface area contributed by atoms with Crippen LogP contribution in [0.1, 0.15) is 43.0 Å². The maximum atomic E-state index is 12.9. The molecule has 110 valence electrons. The van der Waals surface area contributed by atoms with Crippen molar-refractivity contribution in [2.75, 3.05) is 31.3 Å². The number of nitrogens with zero attached hydrogens (tertiary/aromatic N) is 2. The fraction of sp³-hybridized carbons (Fsp3) is 0.562. The number of nitrogens with two attached hydrogens (primary N) is 1. The predicted molar refractivity (Wildman–Crippen MR) is 84.1 cm³/mol. The normalized spacial score (nSPS) is 19.6. The Kier molecular flexibility index (Phi) is 4.53. The molecular formula is C16H25N3O. The third-order valence-corrected chi connectivity index (χ3v) is 4.05. The summed E-state index contributed by atoms with van der Waals surface area (Å²) in [5, 5.41) is 0. The molecule has 2 N–H and O–H groups in total. The van der Waals surface area contributed by atoms with Gasteiger partial charge in [-0.3, -0.25) is 4.79 Å². The van der Waals surface area contributed by atoms with E-state index >= 15 is 0 Å². The third kappa shape index (κ3) is 3.06. The summed E-state index contributed by atoms with van der Waals surface area (Å²) in [4.78, 5) is 16.9. The van der Waals surface area contributed by atoms with E-state index in [-0.39, 0.29) is 5.91 Å². The van der Waals surface area contributed by atoms with E-state index in [9.17, 15) is 4.79 Å². The third-order valence-electron chi connectivity index (χ3n) is 4.05. The first-order chi connectivity index (χ1) is 9.50. The Morgan fingerprint density at radius 2 is 2.05 bits per heavy atom. The van der Waals surface area contributed by atoms with Gasteiger partial charge in [-0.15, -0.1) is 0 Å². The number of nitrogen functional groups attached to an aromatic ring is 1. The summed E-state index contributed by atoms with van der Waals surface area (Å²) < 4.78 is 0. The highest BCUT2D eigenvalue weighted by Crippen LogP contribution is 2.26. The number of benzene rings is 1. The van der Waals surface area contributed by atoms with E-state index in [0.29, 0.717) is 17.3 Å². The first kappa shape index (κ1) is 14.7. The van der Waals surface area contributed by atoms with Crippen LogP contribution in [0.5, 0.6) is 0 Å². The summed E-state index contributed by atoms with van der Waals surface area (Å²) in [7, 11) is 3.91. The molecule has 0 saturated carbocycles. The molecule has 4 heteroatoms. The van der Waals surface area contributed by atoms with Crippen molar-refractivity contribution >= 4 is 17.3 Å². The minimum absolute atomic E-state index is 0.107. The van der Waals surface area contributed by atoms with Crippen LogP contribution < -0.4 is 10.6 Å². The van der Waals surface area contributed by atoms with Gasteiger partial charge in [-0.05, 0) is 38.0 Å². The first-order valence-electron chi connectivity index (χ1n) is 7.38. The van der Waals surface area contributed by atoms with E-state index in [1.54, 1.807) is 6.07 Å². The molecule has 2 rings (SSSR count). The molecule has 1 amide bonds. The van der Waals surface area contributed by atoms with Crippen molar-refractivity contribution < 1.29 is 4.79 Å². The van der Waals surface area contributed by atoms with Gasteiger partial charge in [0, 0.05) is 38.1 Å². The Morgan fingerprint density at radius 3 is 2.75 bits per heavy atom. The van der Waals surface area contributed by atoms with Gasteiger partial charge in [0.1, 0.15) is 0 Å². The minimum atomic E-state index is 0.107. The monoisotopic (exact) mass is 275 g/mol. The van der Waals surface area contributed by atoms with Gasteiger partial charge in [0.2, 0.25) is 0 Å². The van der Waals surface area contributed by atoms with Gasteiger partial charge in [-0.2, -0.15) is 0 Å². The zero-order chi connectivity index (χ0) is 14.7. The summed E-state index contributed by atoms with van der Waals surface area (Å²) in [6.45, 7) is 2.99. The van der Waals surface area contributed by atoms with E-state index < -0.39 is 0 Å². The van der Waals surface area contributed by atoms with E-state index in [0.717, 1.165) is 25.1 Å². The van der Waals surface area contributed by atoms with Crippen molar-refractivity contribution in [2.24, 2.45) is 0 Å². The molecule has 0 aromatic heterocycles. The Hall–Kier alpha value is -1.71. The number of carbonyl (C=O) groups is 1. The molecule has 1 unspecified atom stereocenters. The number of carbonyl (C=O) groups excluding carboxylic acids is 1. The lowest BCUT2D eigenvalue weighted by Crippen LogP contribution is -2.38. The van der Waals surface area contributed by atoms with E-state index in [4.69, 9.17) is 5.73 Å². The van der Waals surface area contributed by atoms with Crippen LogP contribution in [0.3, 0.4) is 0 Å². The van der Waals surface area contributed by atoms with E-state index in [2.05, 4.69) is 6.92 Å². The molecule has 1 aliphatic heterocycles. The highest BCUT2D eigenvalue weighted by molar-refractivity contribution is 6.00. The average molecular weight is 275 g/mol. The molecule has 0 bridgehead atoms. The van der Waals surface area contributed by atoms with Crippen LogP contribution in [-0.2, 0) is 0 Å². The van der Waals surface area contributed by atoms with Gasteiger partial charge in [0.05, 0.1) is 5.56 Å². The van der Waals surface area contributed by atoms with Crippen molar-refractivity contribution in [3.63, 3.8) is 0 Å². The van der Waals surface area contributed by atoms with Crippen molar-refractivity contribution in [2.45, 2.75) is 38.6 Å². The molecule has 0 spiro atoms. The number of hydrogen-bond acceptors (Lipinski definition) is 3. The van der Waals surface area contributed by atoms with Gasteiger partial charge in [-0.25, -0.2) is 0 Å². The quantitative estimate of drug-likeness (QED) is 0.844. The number of anilines is 2. The van der Waals surface area contributed by atoms with E-state index in [1.165, 1.54) is 12.8 Å². The standard InChI is InChI=1S/C16H25N3O/c1-12-7-5-4-6-10-19(12)16(20)14-11-13(17)8-9-15(14)18(2)3/h8-9,11-12H,4-7,10,17H2,1-3H3. The summed E-state index contributed by atoms with van der Waals surface area (Å²) in [6, 6.07) is 5.87. The second kappa shape index (κ2) is 6.16. The van der Waals surface area contributed by atoms with Crippen LogP contribution >= 0.6 is 0 Å².